The zero-order valence-corrected chi connectivity index (χ0v) is 19.5. The van der Waals surface area contributed by atoms with E-state index in [-0.39, 0.29) is 0 Å². The van der Waals surface area contributed by atoms with Crippen LogP contribution in [-0.4, -0.2) is 20.3 Å². The number of anilines is 1. The van der Waals surface area contributed by atoms with E-state index in [1.807, 2.05) is 6.07 Å². The predicted molar refractivity (Wildman–Crippen MR) is 127 cm³/mol. The average molecular weight is 418 g/mol. The fourth-order valence-corrected chi connectivity index (χ4v) is 4.74. The van der Waals surface area contributed by atoms with E-state index in [1.165, 1.54) is 27.9 Å². The molecule has 4 nitrogen and oxygen atoms in total. The number of aromatic nitrogens is 1. The Bertz CT molecular complexity index is 1130. The number of benzene rings is 2. The number of para-hydroxylation sites is 1. The molecule has 0 amide bonds. The van der Waals surface area contributed by atoms with Crippen molar-refractivity contribution >= 4 is 22.3 Å². The van der Waals surface area contributed by atoms with E-state index in [4.69, 9.17) is 9.47 Å². The van der Waals surface area contributed by atoms with Crippen LogP contribution in [0.4, 0.5) is 5.69 Å². The molecule has 0 unspecified atom stereocenters. The first-order valence-corrected chi connectivity index (χ1v) is 11.1. The molecule has 31 heavy (non-hydrogen) atoms. The minimum absolute atomic E-state index is 0.308. The summed E-state index contributed by atoms with van der Waals surface area (Å²) in [7, 11) is 3.52. The van der Waals surface area contributed by atoms with E-state index in [9.17, 15) is 0 Å². The molecule has 1 aromatic heterocycles. The Balaban J connectivity index is 1.93. The van der Waals surface area contributed by atoms with Crippen molar-refractivity contribution < 1.29 is 14.0 Å². The van der Waals surface area contributed by atoms with Crippen molar-refractivity contribution in [2.45, 2.75) is 52.6 Å². The van der Waals surface area contributed by atoms with Crippen molar-refractivity contribution in [3.8, 4) is 5.75 Å². The van der Waals surface area contributed by atoms with Crippen molar-refractivity contribution in [3.63, 3.8) is 0 Å². The van der Waals surface area contributed by atoms with E-state index >= 15 is 0 Å². The quantitative estimate of drug-likeness (QED) is 0.382. The number of rotatable bonds is 5. The van der Waals surface area contributed by atoms with Gasteiger partial charge in [0.25, 0.3) is 0 Å². The fraction of sp³-hybridized carbons (Fsp3) is 0.370. The van der Waals surface area contributed by atoms with E-state index in [0.29, 0.717) is 12.1 Å². The molecule has 0 bridgehead atoms. The van der Waals surface area contributed by atoms with Crippen LogP contribution in [-0.2, 0) is 11.2 Å². The van der Waals surface area contributed by atoms with Crippen molar-refractivity contribution in [3.05, 3.63) is 71.6 Å². The van der Waals surface area contributed by atoms with E-state index in [2.05, 4.69) is 85.8 Å². The number of aryl methyl sites for hydroxylation is 1. The standard InChI is InChI=1S/C27H33N2O2/c1-18(2)28-16-15-23(22-9-7-8-10-25(22)28)27(31-6)26-13-11-20-17-21(30-5)12-14-24(20)29(26)19(3)4/h7-10,12,14-19H,11,13H2,1-6H3/q+1. The third-order valence-electron chi connectivity index (χ3n) is 6.13. The molecular weight excluding hydrogens is 384 g/mol. The minimum Gasteiger partial charge on any atom is -0.497 e. The summed E-state index contributed by atoms with van der Waals surface area (Å²) in [5.74, 6) is 1.87. The summed E-state index contributed by atoms with van der Waals surface area (Å²) in [6, 6.07) is 17.9. The number of methoxy groups -OCH3 is 2. The minimum atomic E-state index is 0.308. The van der Waals surface area contributed by atoms with Gasteiger partial charge in [-0.15, -0.1) is 0 Å². The molecule has 4 heteroatoms. The maximum Gasteiger partial charge on any atom is 0.213 e. The van der Waals surface area contributed by atoms with Crippen LogP contribution in [0.3, 0.4) is 0 Å². The van der Waals surface area contributed by atoms with Crippen LogP contribution in [0.15, 0.2) is 60.4 Å². The van der Waals surface area contributed by atoms with E-state index in [1.54, 1.807) is 14.2 Å². The van der Waals surface area contributed by atoms with Crippen LogP contribution in [0, 0.1) is 0 Å². The second-order valence-corrected chi connectivity index (χ2v) is 8.69. The average Bonchev–Trinajstić information content (AvgIpc) is 2.78. The smallest absolute Gasteiger partial charge is 0.213 e. The lowest BCUT2D eigenvalue weighted by Gasteiger charge is -2.38. The molecule has 0 spiro atoms. The van der Waals surface area contributed by atoms with Gasteiger partial charge in [-0.3, -0.25) is 0 Å². The monoisotopic (exact) mass is 417 g/mol. The van der Waals surface area contributed by atoms with Crippen LogP contribution < -0.4 is 14.2 Å². The maximum absolute atomic E-state index is 6.13. The van der Waals surface area contributed by atoms with Gasteiger partial charge in [0.15, 0.2) is 12.2 Å². The zero-order chi connectivity index (χ0) is 22.1. The Hall–Kier alpha value is -3.01. The van der Waals surface area contributed by atoms with Gasteiger partial charge in [-0.25, -0.2) is 0 Å². The first-order chi connectivity index (χ1) is 15.0. The summed E-state index contributed by atoms with van der Waals surface area (Å²) < 4.78 is 13.9. The van der Waals surface area contributed by atoms with Gasteiger partial charge in [0, 0.05) is 29.4 Å². The molecule has 1 aliphatic rings. The topological polar surface area (TPSA) is 25.6 Å². The van der Waals surface area contributed by atoms with Gasteiger partial charge in [0.05, 0.1) is 25.3 Å². The second-order valence-electron chi connectivity index (χ2n) is 8.69. The normalized spacial score (nSPS) is 15.4. The van der Waals surface area contributed by atoms with Crippen molar-refractivity contribution in [2.24, 2.45) is 0 Å². The molecule has 0 radical (unpaired) electrons. The Morgan fingerprint density at radius 2 is 1.74 bits per heavy atom. The van der Waals surface area contributed by atoms with E-state index in [0.717, 1.165) is 29.9 Å². The number of ether oxygens (including phenoxy) is 2. The van der Waals surface area contributed by atoms with Gasteiger partial charge in [0.1, 0.15) is 11.5 Å². The van der Waals surface area contributed by atoms with E-state index < -0.39 is 0 Å². The first-order valence-electron chi connectivity index (χ1n) is 11.1. The van der Waals surface area contributed by atoms with Gasteiger partial charge in [0.2, 0.25) is 5.52 Å². The lowest BCUT2D eigenvalue weighted by atomic mass is 9.94. The highest BCUT2D eigenvalue weighted by molar-refractivity contribution is 5.90. The van der Waals surface area contributed by atoms with Gasteiger partial charge in [-0.2, -0.15) is 4.57 Å². The van der Waals surface area contributed by atoms with Gasteiger partial charge < -0.3 is 14.4 Å². The molecule has 0 saturated heterocycles. The van der Waals surface area contributed by atoms with Crippen molar-refractivity contribution in [2.75, 3.05) is 19.1 Å². The van der Waals surface area contributed by atoms with Crippen molar-refractivity contribution in [1.82, 2.24) is 0 Å². The summed E-state index contributed by atoms with van der Waals surface area (Å²) >= 11 is 0. The zero-order valence-electron chi connectivity index (χ0n) is 19.5. The highest BCUT2D eigenvalue weighted by Crippen LogP contribution is 2.40. The Labute approximate surface area is 185 Å². The molecule has 2 heterocycles. The first kappa shape index (κ1) is 21.2. The Morgan fingerprint density at radius 1 is 0.968 bits per heavy atom. The summed E-state index contributed by atoms with van der Waals surface area (Å²) in [4.78, 5) is 2.43. The number of hydrogen-bond acceptors (Lipinski definition) is 3. The molecule has 0 aliphatic carbocycles. The Kier molecular flexibility index (Phi) is 5.90. The fourth-order valence-electron chi connectivity index (χ4n) is 4.74. The third-order valence-corrected chi connectivity index (χ3v) is 6.13. The largest absolute Gasteiger partial charge is 0.497 e. The molecule has 0 N–H and O–H groups in total. The third kappa shape index (κ3) is 3.76. The number of hydrogen-bond donors (Lipinski definition) is 0. The lowest BCUT2D eigenvalue weighted by Crippen LogP contribution is -2.37. The highest BCUT2D eigenvalue weighted by atomic mass is 16.5. The molecule has 1 aliphatic heterocycles. The summed E-state index contributed by atoms with van der Waals surface area (Å²) in [5, 5.41) is 1.22. The van der Waals surface area contributed by atoms with Crippen LogP contribution in [0.25, 0.3) is 16.7 Å². The summed E-state index contributed by atoms with van der Waals surface area (Å²) in [6.45, 7) is 8.91. The summed E-state index contributed by atoms with van der Waals surface area (Å²) in [5.41, 5.74) is 6.17. The van der Waals surface area contributed by atoms with Crippen LogP contribution in [0.2, 0.25) is 0 Å². The molecule has 0 saturated carbocycles. The van der Waals surface area contributed by atoms with Crippen LogP contribution in [0.5, 0.6) is 5.75 Å². The molecule has 0 atom stereocenters. The number of pyridine rings is 1. The van der Waals surface area contributed by atoms with Gasteiger partial charge in [-0.1, -0.05) is 12.1 Å². The summed E-state index contributed by atoms with van der Waals surface area (Å²) in [6.07, 6.45) is 4.08. The highest BCUT2D eigenvalue weighted by Gasteiger charge is 2.29. The van der Waals surface area contributed by atoms with Gasteiger partial charge in [-0.05, 0) is 70.4 Å². The Morgan fingerprint density at radius 3 is 2.42 bits per heavy atom. The van der Waals surface area contributed by atoms with Crippen LogP contribution in [0.1, 0.15) is 51.3 Å². The van der Waals surface area contributed by atoms with Crippen LogP contribution >= 0.6 is 0 Å². The molecule has 0 fully saturated rings. The molecule has 162 valence electrons. The maximum atomic E-state index is 6.13. The predicted octanol–water partition coefficient (Wildman–Crippen LogP) is 5.89. The lowest BCUT2D eigenvalue weighted by molar-refractivity contribution is -0.691. The number of fused-ring (bicyclic) bond motifs is 2. The number of allylic oxidation sites excluding steroid dienone is 1. The molecule has 4 rings (SSSR count). The van der Waals surface area contributed by atoms with Crippen molar-refractivity contribution in [1.29, 1.82) is 0 Å². The number of nitrogens with zero attached hydrogens (tertiary/aromatic N) is 2. The molecule has 3 aromatic rings. The molecular formula is C27H33N2O2+. The molecule has 2 aromatic carbocycles. The second kappa shape index (κ2) is 8.62. The SMILES string of the molecule is CO/C(=C1/CCc2cc(OC)ccc2N1C(C)C)c1cc[n+](C(C)C)c2ccccc12. The van der Waals surface area contributed by atoms with Gasteiger partial charge >= 0.3 is 0 Å².